The van der Waals surface area contributed by atoms with Crippen molar-refractivity contribution in [2.24, 2.45) is 0 Å². The fourth-order valence-electron chi connectivity index (χ4n) is 1.60. The predicted octanol–water partition coefficient (Wildman–Crippen LogP) is 3.57. The maximum atomic E-state index is 9.21. The van der Waals surface area contributed by atoms with E-state index in [1.807, 2.05) is 0 Å². The molecule has 2 rings (SSSR count). The highest BCUT2D eigenvalue weighted by atomic mass is 35.5. The van der Waals surface area contributed by atoms with Gasteiger partial charge in [-0.3, -0.25) is 0 Å². The first kappa shape index (κ1) is 21.6. The molecule has 0 heterocycles. The molecule has 0 aliphatic heterocycles. The van der Waals surface area contributed by atoms with Crippen LogP contribution in [-0.4, -0.2) is 12.2 Å². The molecule has 21 heavy (non-hydrogen) atoms. The topological polar surface area (TPSA) is 93.5 Å². The molecule has 0 saturated heterocycles. The van der Waals surface area contributed by atoms with Crippen LogP contribution in [0, 0.1) is 0 Å². The van der Waals surface area contributed by atoms with Crippen LogP contribution in [0.4, 0.5) is 22.7 Å². The molecule has 0 unspecified atom stereocenters. The number of nitrogens with two attached hydrogens (primary N) is 2. The van der Waals surface area contributed by atoms with E-state index in [9.17, 15) is 5.11 Å². The zero-order valence-corrected chi connectivity index (χ0v) is 13.6. The van der Waals surface area contributed by atoms with E-state index in [1.54, 1.807) is 43.5 Å². The Morgan fingerprint density at radius 2 is 1.52 bits per heavy atom. The van der Waals surface area contributed by atoms with Gasteiger partial charge in [0.05, 0.1) is 24.2 Å². The minimum absolute atomic E-state index is 0. The zero-order valence-electron chi connectivity index (χ0n) is 11.2. The van der Waals surface area contributed by atoms with Crippen molar-refractivity contribution in [3.05, 3.63) is 36.4 Å². The molecule has 0 radical (unpaired) electrons. The van der Waals surface area contributed by atoms with E-state index < -0.39 is 0 Å². The van der Waals surface area contributed by atoms with Crippen LogP contribution in [0.1, 0.15) is 0 Å². The van der Waals surface area contributed by atoms with Crippen LogP contribution >= 0.6 is 37.2 Å². The molecule has 8 heteroatoms. The second-order valence-electron chi connectivity index (χ2n) is 3.85. The second kappa shape index (κ2) is 9.28. The third-order valence-corrected chi connectivity index (χ3v) is 2.55. The molecule has 0 fully saturated rings. The number of phenols is 1. The standard InChI is InChI=1S/C13H15N3O2.3ClH/c1-18-13-7-12(10(14)6-11(13)15)16-8-2-4-9(17)5-3-8;;;/h2-7,16-17H,14-15H2,1H3;3*1H. The van der Waals surface area contributed by atoms with Crippen LogP contribution in [-0.2, 0) is 0 Å². The first-order valence-electron chi connectivity index (χ1n) is 5.39. The lowest BCUT2D eigenvalue weighted by Crippen LogP contribution is -2.00. The van der Waals surface area contributed by atoms with Gasteiger partial charge in [0.2, 0.25) is 0 Å². The van der Waals surface area contributed by atoms with E-state index in [-0.39, 0.29) is 43.0 Å². The van der Waals surface area contributed by atoms with Crippen molar-refractivity contribution < 1.29 is 9.84 Å². The van der Waals surface area contributed by atoms with Crippen molar-refractivity contribution in [3.8, 4) is 11.5 Å². The number of hydrogen-bond donors (Lipinski definition) is 4. The molecule has 0 atom stereocenters. The smallest absolute Gasteiger partial charge is 0.143 e. The summed E-state index contributed by atoms with van der Waals surface area (Å²) in [5, 5.41) is 12.3. The van der Waals surface area contributed by atoms with Crippen molar-refractivity contribution in [1.29, 1.82) is 0 Å². The number of nitrogens with one attached hydrogen (secondary N) is 1. The molecular formula is C13H18Cl3N3O2. The highest BCUT2D eigenvalue weighted by molar-refractivity contribution is 5.86. The van der Waals surface area contributed by atoms with Gasteiger partial charge >= 0.3 is 0 Å². The van der Waals surface area contributed by atoms with Crippen molar-refractivity contribution in [2.45, 2.75) is 0 Å². The number of hydrogen-bond acceptors (Lipinski definition) is 5. The monoisotopic (exact) mass is 353 g/mol. The number of rotatable bonds is 3. The van der Waals surface area contributed by atoms with Crippen LogP contribution in [0.15, 0.2) is 36.4 Å². The Morgan fingerprint density at radius 3 is 2.05 bits per heavy atom. The van der Waals surface area contributed by atoms with Gasteiger partial charge in [-0.15, -0.1) is 37.2 Å². The molecule has 5 nitrogen and oxygen atoms in total. The molecule has 2 aromatic rings. The molecule has 0 aliphatic carbocycles. The van der Waals surface area contributed by atoms with Crippen LogP contribution in [0.5, 0.6) is 11.5 Å². The molecule has 0 saturated carbocycles. The Kier molecular flexibility index (Phi) is 9.55. The summed E-state index contributed by atoms with van der Waals surface area (Å²) < 4.78 is 5.14. The lowest BCUT2D eigenvalue weighted by Gasteiger charge is -2.13. The maximum absolute atomic E-state index is 9.21. The summed E-state index contributed by atoms with van der Waals surface area (Å²) in [6.07, 6.45) is 0. The number of benzene rings is 2. The molecule has 0 aromatic heterocycles. The van der Waals surface area contributed by atoms with Crippen LogP contribution in [0.2, 0.25) is 0 Å². The van der Waals surface area contributed by atoms with E-state index in [0.29, 0.717) is 22.8 Å². The van der Waals surface area contributed by atoms with Gasteiger partial charge in [-0.1, -0.05) is 0 Å². The van der Waals surface area contributed by atoms with Gasteiger partial charge in [0.15, 0.2) is 0 Å². The first-order chi connectivity index (χ1) is 8.60. The van der Waals surface area contributed by atoms with Gasteiger partial charge in [-0.2, -0.15) is 0 Å². The first-order valence-corrected chi connectivity index (χ1v) is 5.39. The van der Waals surface area contributed by atoms with E-state index in [4.69, 9.17) is 16.2 Å². The van der Waals surface area contributed by atoms with E-state index in [0.717, 1.165) is 5.69 Å². The fraction of sp³-hybridized carbons (Fsp3) is 0.0769. The quantitative estimate of drug-likeness (QED) is 0.499. The largest absolute Gasteiger partial charge is 0.508 e. The lowest BCUT2D eigenvalue weighted by atomic mass is 10.2. The summed E-state index contributed by atoms with van der Waals surface area (Å²) in [7, 11) is 1.55. The van der Waals surface area contributed by atoms with Gasteiger partial charge in [0, 0.05) is 11.8 Å². The molecule has 0 aliphatic rings. The third-order valence-electron chi connectivity index (χ3n) is 2.55. The highest BCUT2D eigenvalue weighted by Gasteiger charge is 2.06. The number of anilines is 4. The Balaban J connectivity index is 0. The predicted molar refractivity (Wildman–Crippen MR) is 95.0 cm³/mol. The van der Waals surface area contributed by atoms with Gasteiger partial charge in [0.1, 0.15) is 11.5 Å². The molecule has 0 spiro atoms. The Hall–Kier alpha value is -1.69. The summed E-state index contributed by atoms with van der Waals surface area (Å²) in [5.74, 6) is 0.772. The third kappa shape index (κ3) is 5.30. The molecule has 0 amide bonds. The van der Waals surface area contributed by atoms with Gasteiger partial charge in [0.25, 0.3) is 0 Å². The summed E-state index contributed by atoms with van der Waals surface area (Å²) in [4.78, 5) is 0. The Labute approximate surface area is 141 Å². The minimum atomic E-state index is 0. The average Bonchev–Trinajstić information content (AvgIpc) is 2.35. The van der Waals surface area contributed by atoms with Gasteiger partial charge in [-0.05, 0) is 30.3 Å². The maximum Gasteiger partial charge on any atom is 0.143 e. The lowest BCUT2D eigenvalue weighted by molar-refractivity contribution is 0.417. The van der Waals surface area contributed by atoms with Crippen LogP contribution < -0.4 is 21.5 Å². The van der Waals surface area contributed by atoms with Crippen molar-refractivity contribution in [1.82, 2.24) is 0 Å². The molecule has 0 bridgehead atoms. The summed E-state index contributed by atoms with van der Waals surface area (Å²) in [5.41, 5.74) is 14.2. The average molecular weight is 355 g/mol. The number of ether oxygens (including phenoxy) is 1. The molecule has 118 valence electrons. The minimum Gasteiger partial charge on any atom is -0.508 e. The SMILES string of the molecule is COc1cc(Nc2ccc(O)cc2)c(N)cc1N.Cl.Cl.Cl. The van der Waals surface area contributed by atoms with Crippen molar-refractivity contribution >= 4 is 60.0 Å². The Morgan fingerprint density at radius 1 is 0.952 bits per heavy atom. The number of aromatic hydroxyl groups is 1. The van der Waals surface area contributed by atoms with Gasteiger partial charge in [-0.25, -0.2) is 0 Å². The second-order valence-corrected chi connectivity index (χ2v) is 3.85. The van der Waals surface area contributed by atoms with E-state index in [2.05, 4.69) is 5.32 Å². The molecule has 2 aromatic carbocycles. The van der Waals surface area contributed by atoms with Crippen LogP contribution in [0.3, 0.4) is 0 Å². The zero-order chi connectivity index (χ0) is 13.1. The number of halogens is 3. The summed E-state index contributed by atoms with van der Waals surface area (Å²) >= 11 is 0. The number of phenolic OH excluding ortho intramolecular Hbond substituents is 1. The van der Waals surface area contributed by atoms with Gasteiger partial charge < -0.3 is 26.6 Å². The highest BCUT2D eigenvalue weighted by Crippen LogP contribution is 2.33. The van der Waals surface area contributed by atoms with Crippen molar-refractivity contribution in [3.63, 3.8) is 0 Å². The number of nitrogen functional groups attached to an aromatic ring is 2. The molecular weight excluding hydrogens is 337 g/mol. The Bertz CT molecular complexity index is 565. The summed E-state index contributed by atoms with van der Waals surface area (Å²) in [6, 6.07) is 10.1. The fourth-order valence-corrected chi connectivity index (χ4v) is 1.60. The normalized spacial score (nSPS) is 8.62. The van der Waals surface area contributed by atoms with Crippen molar-refractivity contribution in [2.75, 3.05) is 23.9 Å². The van der Waals surface area contributed by atoms with E-state index in [1.165, 1.54) is 0 Å². The van der Waals surface area contributed by atoms with E-state index >= 15 is 0 Å². The molecule has 6 N–H and O–H groups in total. The number of methoxy groups -OCH3 is 1. The van der Waals surface area contributed by atoms with Crippen LogP contribution in [0.25, 0.3) is 0 Å². The summed E-state index contributed by atoms with van der Waals surface area (Å²) in [6.45, 7) is 0.